The van der Waals surface area contributed by atoms with E-state index in [2.05, 4.69) is 41.4 Å². The molecule has 2 aliphatic rings. The second-order valence-corrected chi connectivity index (χ2v) is 6.34. The second kappa shape index (κ2) is 6.06. The number of rotatable bonds is 5. The Bertz CT molecular complexity index is 388. The third kappa shape index (κ3) is 3.80. The summed E-state index contributed by atoms with van der Waals surface area (Å²) in [4.78, 5) is 2.74. The van der Waals surface area contributed by atoms with Gasteiger partial charge in [0, 0.05) is 19.1 Å². The predicted octanol–water partition coefficient (Wildman–Crippen LogP) is 2.96. The number of nitrogens with zero attached hydrogens (tertiary/aromatic N) is 1. The molecule has 1 heterocycles. The zero-order valence-electron chi connectivity index (χ0n) is 12.1. The van der Waals surface area contributed by atoms with Crippen LogP contribution in [0, 0.1) is 12.8 Å². The summed E-state index contributed by atoms with van der Waals surface area (Å²) >= 11 is 0. The van der Waals surface area contributed by atoms with Crippen molar-refractivity contribution in [3.63, 3.8) is 0 Å². The van der Waals surface area contributed by atoms with Crippen LogP contribution in [0.4, 0.5) is 0 Å². The van der Waals surface area contributed by atoms with Crippen LogP contribution in [0.1, 0.15) is 36.8 Å². The fourth-order valence-corrected chi connectivity index (χ4v) is 3.11. The second-order valence-electron chi connectivity index (χ2n) is 6.34. The Kier molecular flexibility index (Phi) is 4.19. The topological polar surface area (TPSA) is 15.3 Å². The summed E-state index contributed by atoms with van der Waals surface area (Å²) in [5, 5.41) is 3.47. The number of nitrogens with one attached hydrogen (secondary N) is 1. The van der Waals surface area contributed by atoms with Gasteiger partial charge in [0.2, 0.25) is 0 Å². The number of aryl methyl sites for hydroxylation is 1. The van der Waals surface area contributed by atoms with Gasteiger partial charge in [-0.25, -0.2) is 0 Å². The molecule has 0 atom stereocenters. The molecule has 1 aliphatic heterocycles. The van der Waals surface area contributed by atoms with E-state index in [0.29, 0.717) is 0 Å². The predicted molar refractivity (Wildman–Crippen MR) is 80.2 cm³/mol. The van der Waals surface area contributed by atoms with Crippen molar-refractivity contribution in [3.05, 3.63) is 35.4 Å². The average molecular weight is 258 g/mol. The van der Waals surface area contributed by atoms with Crippen molar-refractivity contribution >= 4 is 0 Å². The summed E-state index contributed by atoms with van der Waals surface area (Å²) in [6.45, 7) is 7.05. The van der Waals surface area contributed by atoms with Gasteiger partial charge in [-0.05, 0) is 57.2 Å². The van der Waals surface area contributed by atoms with E-state index in [1.54, 1.807) is 0 Å². The van der Waals surface area contributed by atoms with Crippen molar-refractivity contribution in [2.24, 2.45) is 5.92 Å². The Morgan fingerprint density at radius 3 is 2.37 bits per heavy atom. The molecule has 2 heteroatoms. The van der Waals surface area contributed by atoms with Gasteiger partial charge in [0.1, 0.15) is 0 Å². The lowest BCUT2D eigenvalue weighted by molar-refractivity contribution is 0.190. The molecule has 0 amide bonds. The van der Waals surface area contributed by atoms with Gasteiger partial charge in [0.15, 0.2) is 0 Å². The van der Waals surface area contributed by atoms with Crippen LogP contribution in [-0.4, -0.2) is 30.6 Å². The molecule has 1 aromatic carbocycles. The van der Waals surface area contributed by atoms with E-state index in [1.165, 1.54) is 56.4 Å². The third-order valence-corrected chi connectivity index (χ3v) is 4.52. The van der Waals surface area contributed by atoms with E-state index in [-0.39, 0.29) is 0 Å². The Hall–Kier alpha value is -0.860. The summed E-state index contributed by atoms with van der Waals surface area (Å²) in [6, 6.07) is 9.95. The minimum absolute atomic E-state index is 0.871. The molecule has 1 aliphatic carbocycles. The Balaban J connectivity index is 1.59. The minimum atomic E-state index is 0.871. The molecular formula is C17H26N2. The molecule has 1 saturated carbocycles. The lowest BCUT2D eigenvalue weighted by Crippen LogP contribution is -2.37. The monoisotopic (exact) mass is 258 g/mol. The summed E-state index contributed by atoms with van der Waals surface area (Å²) < 4.78 is 0. The molecule has 3 rings (SSSR count). The normalized spacial score (nSPS) is 20.9. The van der Waals surface area contributed by atoms with E-state index < -0.39 is 0 Å². The van der Waals surface area contributed by atoms with Crippen LogP contribution in [0.15, 0.2) is 24.3 Å². The van der Waals surface area contributed by atoms with Crippen LogP contribution in [0.5, 0.6) is 0 Å². The highest BCUT2D eigenvalue weighted by molar-refractivity contribution is 5.21. The highest BCUT2D eigenvalue weighted by Gasteiger charge is 2.30. The lowest BCUT2D eigenvalue weighted by atomic mass is 9.97. The first-order valence-corrected chi connectivity index (χ1v) is 7.81. The number of benzene rings is 1. The first kappa shape index (κ1) is 13.1. The first-order valence-electron chi connectivity index (χ1n) is 7.81. The highest BCUT2D eigenvalue weighted by Crippen LogP contribution is 2.30. The molecule has 19 heavy (non-hydrogen) atoms. The van der Waals surface area contributed by atoms with E-state index in [9.17, 15) is 0 Å². The maximum Gasteiger partial charge on any atom is 0.0236 e. The molecule has 2 fully saturated rings. The Labute approximate surface area is 117 Å². The summed E-state index contributed by atoms with van der Waals surface area (Å²) in [5.74, 6) is 0.910. The van der Waals surface area contributed by atoms with Crippen LogP contribution in [0.2, 0.25) is 0 Å². The van der Waals surface area contributed by atoms with Crippen LogP contribution >= 0.6 is 0 Å². The Morgan fingerprint density at radius 2 is 1.74 bits per heavy atom. The fraction of sp³-hybridized carbons (Fsp3) is 0.647. The van der Waals surface area contributed by atoms with Crippen molar-refractivity contribution in [2.45, 2.75) is 45.2 Å². The molecule has 1 saturated heterocycles. The maximum atomic E-state index is 3.47. The number of piperidine rings is 1. The third-order valence-electron chi connectivity index (χ3n) is 4.52. The lowest BCUT2D eigenvalue weighted by Gasteiger charge is -2.30. The van der Waals surface area contributed by atoms with E-state index in [0.717, 1.165) is 18.5 Å². The van der Waals surface area contributed by atoms with Gasteiger partial charge < -0.3 is 5.32 Å². The fourth-order valence-electron chi connectivity index (χ4n) is 3.11. The van der Waals surface area contributed by atoms with E-state index >= 15 is 0 Å². The molecule has 0 aromatic heterocycles. The standard InChI is InChI=1S/C17H26N2/c1-14-2-4-15(5-3-14)12-19(17-6-7-17)13-16-8-10-18-11-9-16/h2-5,16-18H,6-13H2,1H3. The van der Waals surface area contributed by atoms with Crippen LogP contribution < -0.4 is 5.32 Å². The molecule has 0 unspecified atom stereocenters. The van der Waals surface area contributed by atoms with Crippen molar-refractivity contribution in [3.8, 4) is 0 Å². The zero-order chi connectivity index (χ0) is 13.1. The molecular weight excluding hydrogens is 232 g/mol. The smallest absolute Gasteiger partial charge is 0.0236 e. The molecule has 0 spiro atoms. The average Bonchev–Trinajstić information content (AvgIpc) is 3.26. The zero-order valence-corrected chi connectivity index (χ0v) is 12.1. The summed E-state index contributed by atoms with van der Waals surface area (Å²) in [6.07, 6.45) is 5.54. The largest absolute Gasteiger partial charge is 0.317 e. The molecule has 2 nitrogen and oxygen atoms in total. The van der Waals surface area contributed by atoms with Crippen molar-refractivity contribution in [2.75, 3.05) is 19.6 Å². The van der Waals surface area contributed by atoms with E-state index in [4.69, 9.17) is 0 Å². The van der Waals surface area contributed by atoms with Crippen LogP contribution in [0.3, 0.4) is 0 Å². The number of hydrogen-bond acceptors (Lipinski definition) is 2. The van der Waals surface area contributed by atoms with Crippen LogP contribution in [0.25, 0.3) is 0 Å². The van der Waals surface area contributed by atoms with Crippen molar-refractivity contribution in [1.29, 1.82) is 0 Å². The van der Waals surface area contributed by atoms with E-state index in [1.807, 2.05) is 0 Å². The molecule has 1 aromatic rings. The maximum absolute atomic E-state index is 3.47. The van der Waals surface area contributed by atoms with Gasteiger partial charge in [0.25, 0.3) is 0 Å². The van der Waals surface area contributed by atoms with Crippen molar-refractivity contribution < 1.29 is 0 Å². The van der Waals surface area contributed by atoms with Gasteiger partial charge in [0.05, 0.1) is 0 Å². The van der Waals surface area contributed by atoms with Gasteiger partial charge in [-0.1, -0.05) is 29.8 Å². The quantitative estimate of drug-likeness (QED) is 0.873. The molecule has 0 bridgehead atoms. The van der Waals surface area contributed by atoms with Crippen molar-refractivity contribution in [1.82, 2.24) is 10.2 Å². The van der Waals surface area contributed by atoms with Gasteiger partial charge in [-0.15, -0.1) is 0 Å². The van der Waals surface area contributed by atoms with Gasteiger partial charge >= 0.3 is 0 Å². The van der Waals surface area contributed by atoms with Crippen LogP contribution in [-0.2, 0) is 6.54 Å². The molecule has 0 radical (unpaired) electrons. The number of hydrogen-bond donors (Lipinski definition) is 1. The first-order chi connectivity index (χ1) is 9.31. The summed E-state index contributed by atoms with van der Waals surface area (Å²) in [5.41, 5.74) is 2.84. The van der Waals surface area contributed by atoms with Gasteiger partial charge in [-0.3, -0.25) is 4.90 Å². The van der Waals surface area contributed by atoms with Gasteiger partial charge in [-0.2, -0.15) is 0 Å². The highest BCUT2D eigenvalue weighted by atomic mass is 15.2. The summed E-state index contributed by atoms with van der Waals surface area (Å²) in [7, 11) is 0. The Morgan fingerprint density at radius 1 is 1.05 bits per heavy atom. The molecule has 104 valence electrons. The SMILES string of the molecule is Cc1ccc(CN(CC2CCNCC2)C2CC2)cc1. The molecule has 1 N–H and O–H groups in total. The minimum Gasteiger partial charge on any atom is -0.317 e.